The summed E-state index contributed by atoms with van der Waals surface area (Å²) in [6.07, 6.45) is 2.55. The fraction of sp³-hybridized carbons (Fsp3) is 0.476. The van der Waals surface area contributed by atoms with Gasteiger partial charge in [-0.3, -0.25) is 9.69 Å². The van der Waals surface area contributed by atoms with E-state index in [-0.39, 0.29) is 30.4 Å². The van der Waals surface area contributed by atoms with Gasteiger partial charge in [-0.25, -0.2) is 22.8 Å². The first-order chi connectivity index (χ1) is 14.3. The first kappa shape index (κ1) is 20.9. The smallest absolute Gasteiger partial charge is 0.233 e. The number of hydrogen-bond donors (Lipinski definition) is 0. The fourth-order valence-electron chi connectivity index (χ4n) is 4.19. The van der Waals surface area contributed by atoms with Crippen molar-refractivity contribution in [2.24, 2.45) is 0 Å². The summed E-state index contributed by atoms with van der Waals surface area (Å²) in [4.78, 5) is 23.5. The lowest BCUT2D eigenvalue weighted by molar-refractivity contribution is -0.117. The van der Waals surface area contributed by atoms with Gasteiger partial charge in [-0.05, 0) is 44.4 Å². The largest absolute Gasteiger partial charge is 0.292 e. The third-order valence-electron chi connectivity index (χ3n) is 5.80. The number of rotatable bonds is 5. The molecular formula is C21H25FN4O3S. The monoisotopic (exact) mass is 432 g/mol. The van der Waals surface area contributed by atoms with Crippen LogP contribution in [-0.2, 0) is 27.8 Å². The molecule has 1 atom stereocenters. The minimum Gasteiger partial charge on any atom is -0.292 e. The van der Waals surface area contributed by atoms with Crippen LogP contribution in [-0.4, -0.2) is 40.9 Å². The van der Waals surface area contributed by atoms with Crippen molar-refractivity contribution in [3.8, 4) is 0 Å². The van der Waals surface area contributed by atoms with Crippen LogP contribution >= 0.6 is 0 Å². The summed E-state index contributed by atoms with van der Waals surface area (Å²) in [6.45, 7) is 4.12. The zero-order valence-corrected chi connectivity index (χ0v) is 18.0. The number of benzene rings is 1. The van der Waals surface area contributed by atoms with Gasteiger partial charge in [0, 0.05) is 17.8 Å². The first-order valence-corrected chi connectivity index (χ1v) is 11.8. The van der Waals surface area contributed by atoms with Gasteiger partial charge >= 0.3 is 0 Å². The zero-order chi connectivity index (χ0) is 21.5. The van der Waals surface area contributed by atoms with Crippen molar-refractivity contribution in [3.63, 3.8) is 0 Å². The molecule has 0 spiro atoms. The number of fused-ring (bicyclic) bond motifs is 1. The van der Waals surface area contributed by atoms with Gasteiger partial charge in [-0.1, -0.05) is 18.6 Å². The molecule has 3 heterocycles. The zero-order valence-electron chi connectivity index (χ0n) is 17.1. The van der Waals surface area contributed by atoms with Crippen LogP contribution in [0.5, 0.6) is 0 Å². The number of halogens is 1. The lowest BCUT2D eigenvalue weighted by Crippen LogP contribution is -2.40. The maximum absolute atomic E-state index is 13.6. The Morgan fingerprint density at radius 1 is 1.23 bits per heavy atom. The van der Waals surface area contributed by atoms with Crippen LogP contribution in [0.3, 0.4) is 0 Å². The summed E-state index contributed by atoms with van der Waals surface area (Å²) in [7, 11) is -3.39. The van der Waals surface area contributed by atoms with Gasteiger partial charge in [0.1, 0.15) is 17.5 Å². The molecule has 1 fully saturated rings. The molecule has 0 radical (unpaired) electrons. The van der Waals surface area contributed by atoms with E-state index in [0.717, 1.165) is 18.4 Å². The Kier molecular flexibility index (Phi) is 5.59. The molecular weight excluding hydrogens is 407 g/mol. The van der Waals surface area contributed by atoms with E-state index in [2.05, 4.69) is 9.97 Å². The number of piperidine rings is 1. The molecule has 7 nitrogen and oxygen atoms in total. The van der Waals surface area contributed by atoms with Crippen LogP contribution < -0.4 is 4.90 Å². The molecule has 0 saturated carbocycles. The quantitative estimate of drug-likeness (QED) is 0.726. The van der Waals surface area contributed by atoms with Crippen LogP contribution in [0.15, 0.2) is 24.3 Å². The highest BCUT2D eigenvalue weighted by molar-refractivity contribution is 7.89. The molecule has 0 N–H and O–H groups in total. The molecule has 1 aromatic carbocycles. The fourth-order valence-corrected chi connectivity index (χ4v) is 5.52. The summed E-state index contributed by atoms with van der Waals surface area (Å²) < 4.78 is 40.3. The number of carbonyl (C=O) groups excluding carboxylic acids is 1. The molecule has 2 aliphatic rings. The maximum Gasteiger partial charge on any atom is 0.233 e. The Morgan fingerprint density at radius 3 is 2.77 bits per heavy atom. The van der Waals surface area contributed by atoms with Gasteiger partial charge in [0.05, 0.1) is 24.8 Å². The van der Waals surface area contributed by atoms with Crippen molar-refractivity contribution in [1.82, 2.24) is 14.3 Å². The second-order valence-corrected chi connectivity index (χ2v) is 9.99. The van der Waals surface area contributed by atoms with E-state index in [1.54, 1.807) is 24.0 Å². The van der Waals surface area contributed by atoms with Crippen LogP contribution in [0.1, 0.15) is 54.9 Å². The minimum absolute atomic E-state index is 0.0254. The van der Waals surface area contributed by atoms with Gasteiger partial charge < -0.3 is 0 Å². The van der Waals surface area contributed by atoms with E-state index >= 15 is 0 Å². The molecule has 30 heavy (non-hydrogen) atoms. The highest BCUT2D eigenvalue weighted by Gasteiger charge is 2.37. The van der Waals surface area contributed by atoms with Crippen molar-refractivity contribution >= 4 is 21.7 Å². The molecule has 4 rings (SSSR count). The Labute approximate surface area is 176 Å². The average Bonchev–Trinajstić information content (AvgIpc) is 3.04. The van der Waals surface area contributed by atoms with Crippen LogP contribution in [0.25, 0.3) is 0 Å². The van der Waals surface area contributed by atoms with Crippen molar-refractivity contribution in [3.05, 3.63) is 52.7 Å². The van der Waals surface area contributed by atoms with Crippen LogP contribution in [0.4, 0.5) is 10.2 Å². The van der Waals surface area contributed by atoms with Gasteiger partial charge in [0.25, 0.3) is 0 Å². The number of hydrogen-bond acceptors (Lipinski definition) is 5. The molecule has 2 aliphatic heterocycles. The number of amides is 1. The van der Waals surface area contributed by atoms with Crippen molar-refractivity contribution in [2.45, 2.75) is 52.1 Å². The van der Waals surface area contributed by atoms with Crippen molar-refractivity contribution < 1.29 is 17.6 Å². The molecule has 0 bridgehead atoms. The number of sulfonamides is 1. The number of aromatic nitrogens is 2. The molecule has 1 saturated heterocycles. The summed E-state index contributed by atoms with van der Waals surface area (Å²) in [6, 6.07) is 5.70. The summed E-state index contributed by atoms with van der Waals surface area (Å²) >= 11 is 0. The van der Waals surface area contributed by atoms with Crippen molar-refractivity contribution in [2.75, 3.05) is 17.2 Å². The minimum atomic E-state index is -3.39. The van der Waals surface area contributed by atoms with Crippen LogP contribution in [0, 0.1) is 12.7 Å². The van der Waals surface area contributed by atoms with Gasteiger partial charge in [0.15, 0.2) is 0 Å². The molecule has 1 unspecified atom stereocenters. The van der Waals surface area contributed by atoms with Gasteiger partial charge in [-0.2, -0.15) is 4.31 Å². The Balaban J connectivity index is 1.72. The SMILES string of the molecule is CCS(=O)(=O)N1CCCCC1c1nc(C)c2c(n1)N(Cc1cccc(F)c1)C(=O)C2. The molecule has 1 amide bonds. The van der Waals surface area contributed by atoms with E-state index in [0.29, 0.717) is 35.9 Å². The standard InChI is InChI=1S/C21H25FN4O3S/c1-3-30(28,29)26-10-5-4-9-18(26)20-23-14(2)17-12-19(27)25(21(17)24-20)13-15-7-6-8-16(22)11-15/h6-8,11,18H,3-5,9-10,12-13H2,1-2H3. The predicted molar refractivity (Wildman–Crippen MR) is 111 cm³/mol. The summed E-state index contributed by atoms with van der Waals surface area (Å²) in [5.41, 5.74) is 2.10. The Bertz CT molecular complexity index is 1090. The van der Waals surface area contributed by atoms with E-state index < -0.39 is 16.1 Å². The Morgan fingerprint density at radius 2 is 2.03 bits per heavy atom. The summed E-state index contributed by atoms with van der Waals surface area (Å²) in [5, 5.41) is 0. The van der Waals surface area contributed by atoms with Crippen molar-refractivity contribution in [1.29, 1.82) is 0 Å². The van der Waals surface area contributed by atoms with E-state index in [1.165, 1.54) is 16.4 Å². The maximum atomic E-state index is 13.6. The number of carbonyl (C=O) groups is 1. The molecule has 2 aromatic rings. The van der Waals surface area contributed by atoms with E-state index in [4.69, 9.17) is 0 Å². The second kappa shape index (κ2) is 8.03. The highest BCUT2D eigenvalue weighted by atomic mass is 32.2. The predicted octanol–water partition coefficient (Wildman–Crippen LogP) is 2.89. The Hall–Kier alpha value is -2.39. The third-order valence-corrected chi connectivity index (χ3v) is 7.68. The van der Waals surface area contributed by atoms with Crippen LogP contribution in [0.2, 0.25) is 0 Å². The lowest BCUT2D eigenvalue weighted by Gasteiger charge is -2.33. The summed E-state index contributed by atoms with van der Waals surface area (Å²) in [5.74, 6) is 0.484. The third kappa shape index (κ3) is 3.83. The first-order valence-electron chi connectivity index (χ1n) is 10.2. The number of anilines is 1. The highest BCUT2D eigenvalue weighted by Crippen LogP contribution is 2.36. The average molecular weight is 433 g/mol. The molecule has 0 aliphatic carbocycles. The lowest BCUT2D eigenvalue weighted by atomic mass is 10.0. The molecule has 9 heteroatoms. The number of aryl methyl sites for hydroxylation is 1. The van der Waals surface area contributed by atoms with Gasteiger partial charge in [0.2, 0.25) is 15.9 Å². The van der Waals surface area contributed by atoms with E-state index in [9.17, 15) is 17.6 Å². The molecule has 1 aromatic heterocycles. The van der Waals surface area contributed by atoms with Gasteiger partial charge in [-0.15, -0.1) is 0 Å². The normalized spacial score (nSPS) is 19.9. The second-order valence-electron chi connectivity index (χ2n) is 7.78. The van der Waals surface area contributed by atoms with E-state index in [1.807, 2.05) is 6.92 Å². The number of nitrogens with zero attached hydrogens (tertiary/aromatic N) is 4. The molecule has 160 valence electrons. The topological polar surface area (TPSA) is 83.5 Å².